The van der Waals surface area contributed by atoms with Gasteiger partial charge in [0.1, 0.15) is 12.9 Å². The quantitative estimate of drug-likeness (QED) is 0.629. The average Bonchev–Trinajstić information content (AvgIpc) is 2.96. The number of hydrogen-bond acceptors (Lipinski definition) is 3. The van der Waals surface area contributed by atoms with E-state index in [1.54, 1.807) is 6.33 Å². The molecule has 6 heteroatoms. The molecular formula is C16H24N6. The highest BCUT2D eigenvalue weighted by Gasteiger charge is 2.06. The summed E-state index contributed by atoms with van der Waals surface area (Å²) >= 11 is 0. The van der Waals surface area contributed by atoms with Crippen LogP contribution in [-0.4, -0.2) is 33.8 Å². The summed E-state index contributed by atoms with van der Waals surface area (Å²) in [5, 5.41) is 14.5. The fourth-order valence-electron chi connectivity index (χ4n) is 2.09. The molecule has 2 aromatic rings. The molecule has 0 spiro atoms. The number of aromatic nitrogens is 3. The van der Waals surface area contributed by atoms with Gasteiger partial charge in [-0.2, -0.15) is 0 Å². The molecule has 0 saturated carbocycles. The molecule has 0 bridgehead atoms. The number of benzene rings is 1. The minimum absolute atomic E-state index is 0.417. The van der Waals surface area contributed by atoms with E-state index < -0.39 is 0 Å². The number of rotatable bonds is 6. The van der Waals surface area contributed by atoms with Crippen LogP contribution in [0.4, 0.5) is 0 Å². The van der Waals surface area contributed by atoms with Gasteiger partial charge in [-0.25, -0.2) is 4.99 Å². The Morgan fingerprint density at radius 3 is 2.68 bits per heavy atom. The van der Waals surface area contributed by atoms with Crippen molar-refractivity contribution in [3.63, 3.8) is 0 Å². The standard InChI is InChI=1S/C16H24N6/c1-4-17-16(19-11-15-21-20-12-22(15)3)18-10-13(2)14-8-6-5-7-9-14/h5-9,12-13H,4,10-11H2,1-3H3,(H2,17,18,19). The van der Waals surface area contributed by atoms with Crippen molar-refractivity contribution in [1.82, 2.24) is 25.4 Å². The molecule has 1 unspecified atom stereocenters. The van der Waals surface area contributed by atoms with Gasteiger partial charge < -0.3 is 15.2 Å². The topological polar surface area (TPSA) is 67.1 Å². The predicted octanol–water partition coefficient (Wildman–Crippen LogP) is 1.67. The van der Waals surface area contributed by atoms with Gasteiger partial charge in [-0.1, -0.05) is 37.3 Å². The molecule has 0 saturated heterocycles. The highest BCUT2D eigenvalue weighted by molar-refractivity contribution is 5.79. The van der Waals surface area contributed by atoms with Gasteiger partial charge in [0, 0.05) is 20.1 Å². The zero-order valence-corrected chi connectivity index (χ0v) is 13.5. The summed E-state index contributed by atoms with van der Waals surface area (Å²) < 4.78 is 1.87. The molecule has 0 amide bonds. The van der Waals surface area contributed by atoms with Gasteiger partial charge in [-0.15, -0.1) is 10.2 Å². The highest BCUT2D eigenvalue weighted by atomic mass is 15.3. The minimum Gasteiger partial charge on any atom is -0.357 e. The van der Waals surface area contributed by atoms with E-state index in [4.69, 9.17) is 0 Å². The molecule has 0 fully saturated rings. The van der Waals surface area contributed by atoms with E-state index in [9.17, 15) is 0 Å². The number of hydrogen-bond donors (Lipinski definition) is 2. The van der Waals surface area contributed by atoms with Crippen LogP contribution in [0.25, 0.3) is 0 Å². The lowest BCUT2D eigenvalue weighted by Gasteiger charge is -2.16. The Kier molecular flexibility index (Phi) is 5.94. The van der Waals surface area contributed by atoms with Crippen molar-refractivity contribution in [2.24, 2.45) is 12.0 Å². The molecular weight excluding hydrogens is 276 g/mol. The molecule has 22 heavy (non-hydrogen) atoms. The molecule has 1 aromatic carbocycles. The first-order valence-electron chi connectivity index (χ1n) is 7.60. The lowest BCUT2D eigenvalue weighted by atomic mass is 10.0. The molecule has 1 atom stereocenters. The van der Waals surface area contributed by atoms with Crippen LogP contribution in [0.2, 0.25) is 0 Å². The number of aliphatic imine (C=N–C) groups is 1. The van der Waals surface area contributed by atoms with Gasteiger partial charge in [0.05, 0.1) is 0 Å². The van der Waals surface area contributed by atoms with Crippen LogP contribution >= 0.6 is 0 Å². The van der Waals surface area contributed by atoms with Gasteiger partial charge in [0.15, 0.2) is 11.8 Å². The molecule has 0 aliphatic rings. The average molecular weight is 300 g/mol. The first kappa shape index (κ1) is 16.0. The third-order valence-corrected chi connectivity index (χ3v) is 3.47. The summed E-state index contributed by atoms with van der Waals surface area (Å²) in [7, 11) is 1.92. The molecule has 1 heterocycles. The Labute approximate surface area is 131 Å². The van der Waals surface area contributed by atoms with Crippen molar-refractivity contribution in [3.05, 3.63) is 48.0 Å². The highest BCUT2D eigenvalue weighted by Crippen LogP contribution is 2.12. The van der Waals surface area contributed by atoms with E-state index in [1.807, 2.05) is 17.7 Å². The lowest BCUT2D eigenvalue weighted by molar-refractivity contribution is 0.695. The van der Waals surface area contributed by atoms with E-state index in [-0.39, 0.29) is 0 Å². The molecule has 2 rings (SSSR count). The van der Waals surface area contributed by atoms with Gasteiger partial charge in [0.25, 0.3) is 0 Å². The third-order valence-electron chi connectivity index (χ3n) is 3.47. The summed E-state index contributed by atoms with van der Waals surface area (Å²) in [6.45, 7) is 6.42. The van der Waals surface area contributed by atoms with E-state index in [0.717, 1.165) is 24.9 Å². The van der Waals surface area contributed by atoms with Gasteiger partial charge in [-0.05, 0) is 18.4 Å². The first-order valence-corrected chi connectivity index (χ1v) is 7.60. The normalized spacial score (nSPS) is 13.0. The van der Waals surface area contributed by atoms with Crippen LogP contribution in [0.15, 0.2) is 41.7 Å². The van der Waals surface area contributed by atoms with Crippen molar-refractivity contribution in [2.45, 2.75) is 26.3 Å². The third kappa shape index (κ3) is 4.58. The van der Waals surface area contributed by atoms with Crippen molar-refractivity contribution in [3.8, 4) is 0 Å². The smallest absolute Gasteiger partial charge is 0.191 e. The molecule has 2 N–H and O–H groups in total. The Hall–Kier alpha value is -2.37. The lowest BCUT2D eigenvalue weighted by Crippen LogP contribution is -2.39. The monoisotopic (exact) mass is 300 g/mol. The van der Waals surface area contributed by atoms with E-state index >= 15 is 0 Å². The fraction of sp³-hybridized carbons (Fsp3) is 0.438. The van der Waals surface area contributed by atoms with Crippen molar-refractivity contribution in [1.29, 1.82) is 0 Å². The Morgan fingerprint density at radius 2 is 2.05 bits per heavy atom. The molecule has 0 radical (unpaired) electrons. The number of nitrogens with one attached hydrogen (secondary N) is 2. The Balaban J connectivity index is 1.92. The maximum Gasteiger partial charge on any atom is 0.191 e. The molecule has 1 aromatic heterocycles. The van der Waals surface area contributed by atoms with E-state index in [0.29, 0.717) is 12.5 Å². The maximum absolute atomic E-state index is 4.55. The Bertz CT molecular complexity index is 590. The van der Waals surface area contributed by atoms with Crippen LogP contribution in [0.3, 0.4) is 0 Å². The van der Waals surface area contributed by atoms with Gasteiger partial charge in [-0.3, -0.25) is 0 Å². The zero-order chi connectivity index (χ0) is 15.8. The van der Waals surface area contributed by atoms with Gasteiger partial charge in [0.2, 0.25) is 0 Å². The largest absolute Gasteiger partial charge is 0.357 e. The molecule has 0 aliphatic carbocycles. The number of guanidine groups is 1. The summed E-state index contributed by atoms with van der Waals surface area (Å²) in [6.07, 6.45) is 1.68. The van der Waals surface area contributed by atoms with Crippen LogP contribution in [0, 0.1) is 0 Å². The van der Waals surface area contributed by atoms with Crippen LogP contribution in [0.1, 0.15) is 31.2 Å². The SMILES string of the molecule is CCNC(=NCc1nncn1C)NCC(C)c1ccccc1. The van der Waals surface area contributed by atoms with Crippen LogP contribution < -0.4 is 10.6 Å². The molecule has 118 valence electrons. The summed E-state index contributed by atoms with van der Waals surface area (Å²) in [5.74, 6) is 2.06. The zero-order valence-electron chi connectivity index (χ0n) is 13.5. The van der Waals surface area contributed by atoms with Crippen molar-refractivity contribution >= 4 is 5.96 Å². The molecule has 0 aliphatic heterocycles. The fourth-order valence-corrected chi connectivity index (χ4v) is 2.09. The minimum atomic E-state index is 0.417. The first-order chi connectivity index (χ1) is 10.7. The van der Waals surface area contributed by atoms with Crippen molar-refractivity contribution < 1.29 is 0 Å². The van der Waals surface area contributed by atoms with Crippen LogP contribution in [-0.2, 0) is 13.6 Å². The number of aryl methyl sites for hydroxylation is 1. The summed E-state index contributed by atoms with van der Waals surface area (Å²) in [6, 6.07) is 10.5. The summed E-state index contributed by atoms with van der Waals surface area (Å²) in [4.78, 5) is 4.55. The van der Waals surface area contributed by atoms with Gasteiger partial charge >= 0.3 is 0 Å². The van der Waals surface area contributed by atoms with E-state index in [2.05, 4.69) is 63.9 Å². The number of nitrogens with zero attached hydrogens (tertiary/aromatic N) is 4. The van der Waals surface area contributed by atoms with Crippen LogP contribution in [0.5, 0.6) is 0 Å². The van der Waals surface area contributed by atoms with Crippen molar-refractivity contribution in [2.75, 3.05) is 13.1 Å². The second-order valence-corrected chi connectivity index (χ2v) is 5.25. The summed E-state index contributed by atoms with van der Waals surface area (Å²) in [5.41, 5.74) is 1.32. The second-order valence-electron chi connectivity index (χ2n) is 5.25. The Morgan fingerprint density at radius 1 is 1.27 bits per heavy atom. The van der Waals surface area contributed by atoms with E-state index in [1.165, 1.54) is 5.56 Å². The predicted molar refractivity (Wildman–Crippen MR) is 88.7 cm³/mol. The second kappa shape index (κ2) is 8.17. The molecule has 6 nitrogen and oxygen atoms in total. The maximum atomic E-state index is 4.55.